The molecule has 0 fully saturated rings. The Labute approximate surface area is 169 Å². The standard InChI is InChI=1S/C23H23N3O3/c1-15-4-7-17(8-5-15)14-25-22(27)18-10-11-24-20(13-18)23(28)26-19-12-16(2)6-9-21(19)29-3/h4-13H,14H2,1-3H3,(H,25,27)(H,26,28). The zero-order valence-corrected chi connectivity index (χ0v) is 16.7. The first-order valence-corrected chi connectivity index (χ1v) is 9.22. The summed E-state index contributed by atoms with van der Waals surface area (Å²) in [4.78, 5) is 29.2. The third-order valence-electron chi connectivity index (χ3n) is 4.43. The maximum atomic E-state index is 12.6. The number of rotatable bonds is 6. The Morgan fingerprint density at radius 3 is 2.38 bits per heavy atom. The van der Waals surface area contributed by atoms with Crippen molar-refractivity contribution in [1.82, 2.24) is 10.3 Å². The van der Waals surface area contributed by atoms with Crippen LogP contribution in [0.1, 0.15) is 37.5 Å². The fourth-order valence-electron chi connectivity index (χ4n) is 2.79. The van der Waals surface area contributed by atoms with E-state index in [2.05, 4.69) is 15.6 Å². The second-order valence-corrected chi connectivity index (χ2v) is 6.76. The zero-order valence-electron chi connectivity index (χ0n) is 16.7. The lowest BCUT2D eigenvalue weighted by atomic mass is 10.1. The van der Waals surface area contributed by atoms with E-state index >= 15 is 0 Å². The molecule has 148 valence electrons. The van der Waals surface area contributed by atoms with Crippen LogP contribution in [0.2, 0.25) is 0 Å². The van der Waals surface area contributed by atoms with Gasteiger partial charge in [0.15, 0.2) is 0 Å². The van der Waals surface area contributed by atoms with Crippen molar-refractivity contribution in [2.45, 2.75) is 20.4 Å². The van der Waals surface area contributed by atoms with E-state index in [0.29, 0.717) is 23.5 Å². The zero-order chi connectivity index (χ0) is 20.8. The van der Waals surface area contributed by atoms with Crippen LogP contribution in [0.25, 0.3) is 0 Å². The number of amides is 2. The van der Waals surface area contributed by atoms with Crippen molar-refractivity contribution in [3.63, 3.8) is 0 Å². The second kappa shape index (κ2) is 9.01. The second-order valence-electron chi connectivity index (χ2n) is 6.76. The van der Waals surface area contributed by atoms with Crippen molar-refractivity contribution < 1.29 is 14.3 Å². The molecule has 3 aromatic rings. The topological polar surface area (TPSA) is 80.3 Å². The average molecular weight is 389 g/mol. The lowest BCUT2D eigenvalue weighted by Gasteiger charge is -2.11. The van der Waals surface area contributed by atoms with Gasteiger partial charge in [-0.2, -0.15) is 0 Å². The van der Waals surface area contributed by atoms with E-state index in [1.54, 1.807) is 12.1 Å². The molecule has 6 nitrogen and oxygen atoms in total. The number of aryl methyl sites for hydroxylation is 2. The van der Waals surface area contributed by atoms with Crippen molar-refractivity contribution in [2.24, 2.45) is 0 Å². The van der Waals surface area contributed by atoms with Crippen LogP contribution < -0.4 is 15.4 Å². The van der Waals surface area contributed by atoms with Crippen LogP contribution in [-0.2, 0) is 6.54 Å². The summed E-state index contributed by atoms with van der Waals surface area (Å²) in [5.41, 5.74) is 4.22. The Morgan fingerprint density at radius 2 is 1.66 bits per heavy atom. The normalized spacial score (nSPS) is 10.3. The Balaban J connectivity index is 1.70. The summed E-state index contributed by atoms with van der Waals surface area (Å²) in [5.74, 6) is -0.131. The number of ether oxygens (including phenoxy) is 1. The maximum absolute atomic E-state index is 12.6. The van der Waals surface area contributed by atoms with Crippen LogP contribution in [0.3, 0.4) is 0 Å². The summed E-state index contributed by atoms with van der Waals surface area (Å²) in [5, 5.41) is 5.65. The van der Waals surface area contributed by atoms with Crippen molar-refractivity contribution in [2.75, 3.05) is 12.4 Å². The van der Waals surface area contributed by atoms with E-state index in [9.17, 15) is 9.59 Å². The minimum absolute atomic E-state index is 0.150. The number of nitrogens with zero attached hydrogens (tertiary/aromatic N) is 1. The maximum Gasteiger partial charge on any atom is 0.274 e. The number of benzene rings is 2. The summed E-state index contributed by atoms with van der Waals surface area (Å²) in [7, 11) is 1.54. The van der Waals surface area contributed by atoms with Crippen LogP contribution in [0.15, 0.2) is 60.8 Å². The smallest absolute Gasteiger partial charge is 0.274 e. The molecule has 0 atom stereocenters. The Morgan fingerprint density at radius 1 is 0.931 bits per heavy atom. The molecule has 0 aliphatic rings. The van der Waals surface area contributed by atoms with Gasteiger partial charge in [0, 0.05) is 18.3 Å². The Kier molecular flexibility index (Phi) is 6.24. The first-order valence-electron chi connectivity index (χ1n) is 9.22. The number of aromatic nitrogens is 1. The highest BCUT2D eigenvalue weighted by Gasteiger charge is 2.14. The number of anilines is 1. The Bertz CT molecular complexity index is 1030. The lowest BCUT2D eigenvalue weighted by molar-refractivity contribution is 0.0951. The van der Waals surface area contributed by atoms with Gasteiger partial charge in [0.2, 0.25) is 0 Å². The fourth-order valence-corrected chi connectivity index (χ4v) is 2.79. The molecular formula is C23H23N3O3. The SMILES string of the molecule is COc1ccc(C)cc1NC(=O)c1cc(C(=O)NCc2ccc(C)cc2)ccn1. The quantitative estimate of drug-likeness (QED) is 0.670. The van der Waals surface area contributed by atoms with Crippen molar-refractivity contribution >= 4 is 17.5 Å². The van der Waals surface area contributed by atoms with Crippen molar-refractivity contribution in [3.8, 4) is 5.75 Å². The molecule has 3 rings (SSSR count). The van der Waals surface area contributed by atoms with Gasteiger partial charge < -0.3 is 15.4 Å². The Hall–Kier alpha value is -3.67. The number of carbonyl (C=O) groups is 2. The van der Waals surface area contributed by atoms with Crippen LogP contribution in [0.4, 0.5) is 5.69 Å². The van der Waals surface area contributed by atoms with Gasteiger partial charge in [0.25, 0.3) is 11.8 Å². The molecule has 0 saturated heterocycles. The molecule has 1 aromatic heterocycles. The molecule has 2 amide bonds. The lowest BCUT2D eigenvalue weighted by Crippen LogP contribution is -2.23. The van der Waals surface area contributed by atoms with Crippen LogP contribution >= 0.6 is 0 Å². The van der Waals surface area contributed by atoms with Crippen molar-refractivity contribution in [3.05, 3.63) is 88.7 Å². The highest BCUT2D eigenvalue weighted by atomic mass is 16.5. The highest BCUT2D eigenvalue weighted by Crippen LogP contribution is 2.25. The van der Waals surface area contributed by atoms with Crippen LogP contribution in [0, 0.1) is 13.8 Å². The highest BCUT2D eigenvalue weighted by molar-refractivity contribution is 6.05. The van der Waals surface area contributed by atoms with E-state index in [1.165, 1.54) is 19.4 Å². The number of methoxy groups -OCH3 is 1. The molecule has 2 N–H and O–H groups in total. The summed E-state index contributed by atoms with van der Waals surface area (Å²) < 4.78 is 5.28. The molecule has 0 bridgehead atoms. The van der Waals surface area contributed by atoms with Gasteiger partial charge in [-0.3, -0.25) is 14.6 Å². The number of hydrogen-bond acceptors (Lipinski definition) is 4. The number of pyridine rings is 1. The van der Waals surface area contributed by atoms with Gasteiger partial charge in [-0.05, 0) is 49.2 Å². The van der Waals surface area contributed by atoms with Crippen molar-refractivity contribution in [1.29, 1.82) is 0 Å². The van der Waals surface area contributed by atoms with E-state index in [0.717, 1.165) is 16.7 Å². The molecule has 29 heavy (non-hydrogen) atoms. The van der Waals surface area contributed by atoms with E-state index in [4.69, 9.17) is 4.74 Å². The molecule has 0 aliphatic heterocycles. The monoisotopic (exact) mass is 389 g/mol. The predicted molar refractivity (Wildman–Crippen MR) is 112 cm³/mol. The van der Waals surface area contributed by atoms with Gasteiger partial charge in [-0.15, -0.1) is 0 Å². The molecule has 0 aliphatic carbocycles. The van der Waals surface area contributed by atoms with Gasteiger partial charge in [-0.1, -0.05) is 35.9 Å². The van der Waals surface area contributed by atoms with Gasteiger partial charge in [-0.25, -0.2) is 0 Å². The van der Waals surface area contributed by atoms with E-state index in [-0.39, 0.29) is 11.6 Å². The number of hydrogen-bond donors (Lipinski definition) is 2. The van der Waals surface area contributed by atoms with Crippen LogP contribution in [-0.4, -0.2) is 23.9 Å². The van der Waals surface area contributed by atoms with E-state index < -0.39 is 5.91 Å². The summed E-state index contributed by atoms with van der Waals surface area (Å²) in [6.07, 6.45) is 1.45. The summed E-state index contributed by atoms with van der Waals surface area (Å²) in [6, 6.07) is 16.5. The van der Waals surface area contributed by atoms with Crippen LogP contribution in [0.5, 0.6) is 5.75 Å². The fraction of sp³-hybridized carbons (Fsp3) is 0.174. The number of carbonyl (C=O) groups excluding carboxylic acids is 2. The molecule has 0 saturated carbocycles. The minimum Gasteiger partial charge on any atom is -0.495 e. The first kappa shape index (κ1) is 20.1. The molecule has 2 aromatic carbocycles. The minimum atomic E-state index is -0.415. The molecule has 6 heteroatoms. The largest absolute Gasteiger partial charge is 0.495 e. The molecule has 1 heterocycles. The summed E-state index contributed by atoms with van der Waals surface area (Å²) in [6.45, 7) is 4.34. The molecule has 0 spiro atoms. The first-order chi connectivity index (χ1) is 14.0. The molecular weight excluding hydrogens is 366 g/mol. The van der Waals surface area contributed by atoms with Gasteiger partial charge in [0.05, 0.1) is 12.8 Å². The van der Waals surface area contributed by atoms with E-state index in [1.807, 2.05) is 50.2 Å². The van der Waals surface area contributed by atoms with Gasteiger partial charge >= 0.3 is 0 Å². The molecule has 0 unspecified atom stereocenters. The third-order valence-corrected chi connectivity index (χ3v) is 4.43. The van der Waals surface area contributed by atoms with Gasteiger partial charge in [0.1, 0.15) is 11.4 Å². The molecule has 0 radical (unpaired) electrons. The predicted octanol–water partition coefficient (Wildman–Crippen LogP) is 3.89. The summed E-state index contributed by atoms with van der Waals surface area (Å²) >= 11 is 0. The third kappa shape index (κ3) is 5.19. The average Bonchev–Trinajstić information content (AvgIpc) is 2.73. The number of nitrogens with one attached hydrogen (secondary N) is 2.